The molecule has 0 atom stereocenters. The van der Waals surface area contributed by atoms with E-state index in [9.17, 15) is 0 Å². The zero-order valence-corrected chi connectivity index (χ0v) is 10.8. The van der Waals surface area contributed by atoms with Crippen LogP contribution < -0.4 is 0 Å². The van der Waals surface area contributed by atoms with Crippen LogP contribution in [0.3, 0.4) is 0 Å². The number of halogens is 1. The molecule has 0 unspecified atom stereocenters. The maximum atomic E-state index is 5.54. The quantitative estimate of drug-likeness (QED) is 0.599. The molecule has 0 aliphatic heterocycles. The Kier molecular flexibility index (Phi) is 3.97. The molecule has 0 amide bonds. The Morgan fingerprint density at radius 1 is 1.31 bits per heavy atom. The minimum Gasteiger partial charge on any atom is -0.373 e. The lowest BCUT2D eigenvalue weighted by atomic mass is 9.91. The van der Waals surface area contributed by atoms with E-state index < -0.39 is 0 Å². The molecule has 0 radical (unpaired) electrons. The summed E-state index contributed by atoms with van der Waals surface area (Å²) in [5.41, 5.74) is 4.02. The SMILES string of the molecule is C=CCOCC1=C(Br)CCc2ccccc21. The van der Waals surface area contributed by atoms with Crippen molar-refractivity contribution in [1.29, 1.82) is 0 Å². The molecule has 0 aromatic heterocycles. The van der Waals surface area contributed by atoms with Gasteiger partial charge < -0.3 is 4.74 Å². The van der Waals surface area contributed by atoms with E-state index in [0.717, 1.165) is 12.8 Å². The number of hydrogen-bond acceptors (Lipinski definition) is 1. The number of rotatable bonds is 4. The lowest BCUT2D eigenvalue weighted by molar-refractivity contribution is 0.199. The van der Waals surface area contributed by atoms with Crippen molar-refractivity contribution in [3.05, 3.63) is 52.5 Å². The first kappa shape index (κ1) is 11.6. The summed E-state index contributed by atoms with van der Waals surface area (Å²) in [5, 5.41) is 0. The van der Waals surface area contributed by atoms with Gasteiger partial charge in [0.15, 0.2) is 0 Å². The minimum absolute atomic E-state index is 0.603. The molecule has 0 bridgehead atoms. The third-order valence-corrected chi connectivity index (χ3v) is 3.64. The molecule has 16 heavy (non-hydrogen) atoms. The smallest absolute Gasteiger partial charge is 0.0734 e. The van der Waals surface area contributed by atoms with Gasteiger partial charge >= 0.3 is 0 Å². The van der Waals surface area contributed by atoms with Crippen LogP contribution in [0.5, 0.6) is 0 Å². The average Bonchev–Trinajstić information content (AvgIpc) is 2.32. The molecule has 0 heterocycles. The summed E-state index contributed by atoms with van der Waals surface area (Å²) in [4.78, 5) is 0. The van der Waals surface area contributed by atoms with Crippen LogP contribution in [0.25, 0.3) is 5.57 Å². The Morgan fingerprint density at radius 2 is 2.12 bits per heavy atom. The molecule has 0 saturated heterocycles. The number of fused-ring (bicyclic) bond motifs is 1. The molecule has 0 N–H and O–H groups in total. The molecule has 1 aromatic carbocycles. The van der Waals surface area contributed by atoms with Crippen molar-refractivity contribution in [2.45, 2.75) is 12.8 Å². The first-order chi connectivity index (χ1) is 7.83. The number of aryl methyl sites for hydroxylation is 1. The van der Waals surface area contributed by atoms with Gasteiger partial charge in [-0.3, -0.25) is 0 Å². The van der Waals surface area contributed by atoms with E-state index in [0.29, 0.717) is 13.2 Å². The highest BCUT2D eigenvalue weighted by atomic mass is 79.9. The van der Waals surface area contributed by atoms with E-state index in [4.69, 9.17) is 4.74 Å². The van der Waals surface area contributed by atoms with Crippen LogP contribution in [0.4, 0.5) is 0 Å². The van der Waals surface area contributed by atoms with Gasteiger partial charge in [-0.05, 0) is 29.5 Å². The molecule has 2 rings (SSSR count). The van der Waals surface area contributed by atoms with Crippen LogP contribution in [0, 0.1) is 0 Å². The number of hydrogen-bond donors (Lipinski definition) is 0. The Labute approximate surface area is 105 Å². The summed E-state index contributed by atoms with van der Waals surface area (Å²) in [5.74, 6) is 0. The molecular weight excluding hydrogens is 264 g/mol. The van der Waals surface area contributed by atoms with E-state index in [2.05, 4.69) is 46.8 Å². The van der Waals surface area contributed by atoms with Gasteiger partial charge in [0.2, 0.25) is 0 Å². The molecule has 84 valence electrons. The number of ether oxygens (including phenoxy) is 1. The lowest BCUT2D eigenvalue weighted by Crippen LogP contribution is -2.07. The van der Waals surface area contributed by atoms with Gasteiger partial charge in [-0.1, -0.05) is 46.3 Å². The van der Waals surface area contributed by atoms with E-state index in [-0.39, 0.29) is 0 Å². The highest BCUT2D eigenvalue weighted by molar-refractivity contribution is 9.11. The topological polar surface area (TPSA) is 9.23 Å². The van der Waals surface area contributed by atoms with Gasteiger partial charge in [0, 0.05) is 4.48 Å². The highest BCUT2D eigenvalue weighted by Crippen LogP contribution is 2.34. The standard InChI is InChI=1S/C14H15BrO/c1-2-9-16-10-13-12-6-4-3-5-11(12)7-8-14(13)15/h2-6H,1,7-10H2. The monoisotopic (exact) mass is 278 g/mol. The van der Waals surface area contributed by atoms with Crippen molar-refractivity contribution in [3.63, 3.8) is 0 Å². The van der Waals surface area contributed by atoms with Crippen LogP contribution in [-0.4, -0.2) is 13.2 Å². The maximum Gasteiger partial charge on any atom is 0.0734 e. The van der Waals surface area contributed by atoms with Crippen LogP contribution in [0.1, 0.15) is 17.5 Å². The molecule has 1 aromatic rings. The normalized spacial score (nSPS) is 14.8. The fraction of sp³-hybridized carbons (Fsp3) is 0.286. The van der Waals surface area contributed by atoms with Crippen LogP contribution in [0.2, 0.25) is 0 Å². The van der Waals surface area contributed by atoms with Gasteiger partial charge in [-0.15, -0.1) is 6.58 Å². The van der Waals surface area contributed by atoms with E-state index in [1.165, 1.54) is 21.2 Å². The summed E-state index contributed by atoms with van der Waals surface area (Å²) in [7, 11) is 0. The Balaban J connectivity index is 2.23. The van der Waals surface area contributed by atoms with E-state index in [1.54, 1.807) is 6.08 Å². The fourth-order valence-electron chi connectivity index (χ4n) is 1.97. The van der Waals surface area contributed by atoms with Gasteiger partial charge in [-0.25, -0.2) is 0 Å². The van der Waals surface area contributed by atoms with Crippen molar-refractivity contribution in [1.82, 2.24) is 0 Å². The first-order valence-electron chi connectivity index (χ1n) is 5.47. The highest BCUT2D eigenvalue weighted by Gasteiger charge is 2.16. The van der Waals surface area contributed by atoms with Crippen LogP contribution >= 0.6 is 15.9 Å². The Hall–Kier alpha value is -0.860. The predicted octanol–water partition coefficient (Wildman–Crippen LogP) is 3.94. The van der Waals surface area contributed by atoms with Crippen LogP contribution in [0.15, 0.2) is 41.4 Å². The molecule has 1 aliphatic carbocycles. The zero-order valence-electron chi connectivity index (χ0n) is 9.21. The largest absolute Gasteiger partial charge is 0.373 e. The summed E-state index contributed by atoms with van der Waals surface area (Å²) in [6.45, 7) is 4.91. The lowest BCUT2D eigenvalue weighted by Gasteiger charge is -2.20. The zero-order chi connectivity index (χ0) is 11.4. The number of allylic oxidation sites excluding steroid dienone is 1. The van der Waals surface area contributed by atoms with E-state index in [1.807, 2.05) is 0 Å². The fourth-order valence-corrected chi connectivity index (χ4v) is 2.50. The predicted molar refractivity (Wildman–Crippen MR) is 71.6 cm³/mol. The average molecular weight is 279 g/mol. The summed E-state index contributed by atoms with van der Waals surface area (Å²) in [6, 6.07) is 8.54. The third-order valence-electron chi connectivity index (χ3n) is 2.77. The first-order valence-corrected chi connectivity index (χ1v) is 6.26. The molecule has 0 fully saturated rings. The third kappa shape index (κ3) is 2.45. The second kappa shape index (κ2) is 5.46. The summed E-state index contributed by atoms with van der Waals surface area (Å²) in [6.07, 6.45) is 3.97. The number of benzene rings is 1. The van der Waals surface area contributed by atoms with Crippen molar-refractivity contribution >= 4 is 21.5 Å². The van der Waals surface area contributed by atoms with Crippen molar-refractivity contribution < 1.29 is 4.74 Å². The van der Waals surface area contributed by atoms with Gasteiger partial charge in [0.05, 0.1) is 13.2 Å². The minimum atomic E-state index is 0.603. The summed E-state index contributed by atoms with van der Waals surface area (Å²) >= 11 is 3.65. The Morgan fingerprint density at radius 3 is 2.94 bits per heavy atom. The maximum absolute atomic E-state index is 5.54. The Bertz CT molecular complexity index is 420. The van der Waals surface area contributed by atoms with Gasteiger partial charge in [0.25, 0.3) is 0 Å². The molecule has 2 heteroatoms. The second-order valence-electron chi connectivity index (χ2n) is 3.84. The second-order valence-corrected chi connectivity index (χ2v) is 4.80. The molecule has 0 saturated carbocycles. The van der Waals surface area contributed by atoms with Crippen molar-refractivity contribution in [3.8, 4) is 0 Å². The van der Waals surface area contributed by atoms with Crippen LogP contribution in [-0.2, 0) is 11.2 Å². The molecular formula is C14H15BrO. The van der Waals surface area contributed by atoms with Gasteiger partial charge in [-0.2, -0.15) is 0 Å². The molecule has 0 spiro atoms. The van der Waals surface area contributed by atoms with E-state index >= 15 is 0 Å². The molecule has 1 aliphatic rings. The van der Waals surface area contributed by atoms with Crippen molar-refractivity contribution in [2.75, 3.05) is 13.2 Å². The molecule has 1 nitrogen and oxygen atoms in total. The van der Waals surface area contributed by atoms with Gasteiger partial charge in [0.1, 0.15) is 0 Å². The van der Waals surface area contributed by atoms with Crippen molar-refractivity contribution in [2.24, 2.45) is 0 Å². The summed E-state index contributed by atoms with van der Waals surface area (Å²) < 4.78 is 6.82.